The minimum atomic E-state index is -0.668. The number of amides is 1. The van der Waals surface area contributed by atoms with E-state index in [-0.39, 0.29) is 0 Å². The van der Waals surface area contributed by atoms with Gasteiger partial charge in [-0.25, -0.2) is 4.79 Å². The molecule has 0 fully saturated rings. The van der Waals surface area contributed by atoms with Crippen molar-refractivity contribution in [1.29, 1.82) is 5.26 Å². The molecule has 0 aromatic heterocycles. The minimum Gasteiger partial charge on any atom is -0.297 e. The van der Waals surface area contributed by atoms with Crippen molar-refractivity contribution in [3.8, 4) is 6.07 Å². The molecule has 0 saturated heterocycles. The molecule has 0 aliphatic rings. The molecule has 6 heteroatoms. The lowest BCUT2D eigenvalue weighted by Crippen LogP contribution is -2.26. The van der Waals surface area contributed by atoms with Crippen LogP contribution in [0.4, 0.5) is 4.79 Å². The molecule has 0 atom stereocenters. The highest BCUT2D eigenvalue weighted by Crippen LogP contribution is 2.26. The van der Waals surface area contributed by atoms with Gasteiger partial charge in [-0.3, -0.25) is 9.14 Å². The van der Waals surface area contributed by atoms with E-state index >= 15 is 0 Å². The van der Waals surface area contributed by atoms with E-state index in [0.717, 1.165) is 11.9 Å². The Morgan fingerprint density at radius 2 is 2.07 bits per heavy atom. The number of carbonyl (C=O) groups is 1. The van der Waals surface area contributed by atoms with Crippen LogP contribution < -0.4 is 0 Å². The summed E-state index contributed by atoms with van der Waals surface area (Å²) in [6, 6.07) is 2.07. The summed E-state index contributed by atoms with van der Waals surface area (Å²) in [5.41, 5.74) is 0.654. The number of rotatable bonds is 3. The lowest BCUT2D eigenvalue weighted by atomic mass is 10.2. The molecule has 0 aliphatic carbocycles. The van der Waals surface area contributed by atoms with Gasteiger partial charge < -0.3 is 0 Å². The lowest BCUT2D eigenvalue weighted by molar-refractivity contribution is 0.136. The van der Waals surface area contributed by atoms with Gasteiger partial charge in [0, 0.05) is 7.05 Å². The summed E-state index contributed by atoms with van der Waals surface area (Å²) in [5.74, 6) is 0. The molecule has 0 aromatic carbocycles. The standard InChI is InChI=1S/C9H15N3O2S/c1-7(2)11-14-8(13)12(5)15-9(3,4)6-10/h1-5H3. The van der Waals surface area contributed by atoms with E-state index in [9.17, 15) is 4.79 Å². The molecule has 15 heavy (non-hydrogen) atoms. The smallest absolute Gasteiger partial charge is 0.297 e. The Hall–Kier alpha value is -1.22. The highest BCUT2D eigenvalue weighted by molar-refractivity contribution is 7.99. The third kappa shape index (κ3) is 5.96. The predicted octanol–water partition coefficient (Wildman–Crippen LogP) is 2.40. The number of nitrogens with zero attached hydrogens (tertiary/aromatic N) is 3. The summed E-state index contributed by atoms with van der Waals surface area (Å²) in [6.45, 7) is 6.88. The van der Waals surface area contributed by atoms with E-state index in [1.165, 1.54) is 11.4 Å². The average molecular weight is 229 g/mol. The first-order chi connectivity index (χ1) is 6.78. The first-order valence-corrected chi connectivity index (χ1v) is 5.12. The van der Waals surface area contributed by atoms with Gasteiger partial charge in [-0.2, -0.15) is 5.26 Å². The van der Waals surface area contributed by atoms with Crippen molar-refractivity contribution in [2.45, 2.75) is 32.4 Å². The lowest BCUT2D eigenvalue weighted by Gasteiger charge is -2.21. The van der Waals surface area contributed by atoms with Crippen molar-refractivity contribution in [3.63, 3.8) is 0 Å². The molecule has 0 saturated carbocycles. The third-order valence-electron chi connectivity index (χ3n) is 1.20. The Morgan fingerprint density at radius 3 is 2.47 bits per heavy atom. The molecule has 0 aromatic rings. The van der Waals surface area contributed by atoms with Crippen molar-refractivity contribution in [2.75, 3.05) is 7.05 Å². The van der Waals surface area contributed by atoms with Gasteiger partial charge >= 0.3 is 6.09 Å². The van der Waals surface area contributed by atoms with Crippen LogP contribution in [0.1, 0.15) is 27.7 Å². The maximum Gasteiger partial charge on any atom is 0.445 e. The normalized spacial score (nSPS) is 10.1. The Labute approximate surface area is 94.2 Å². The fourth-order valence-electron chi connectivity index (χ4n) is 0.588. The number of hydrogen-bond acceptors (Lipinski definition) is 5. The summed E-state index contributed by atoms with van der Waals surface area (Å²) >= 11 is 1.09. The Balaban J connectivity index is 4.24. The van der Waals surface area contributed by atoms with Crippen LogP contribution in [-0.4, -0.2) is 27.9 Å². The van der Waals surface area contributed by atoms with E-state index in [0.29, 0.717) is 5.71 Å². The van der Waals surface area contributed by atoms with E-state index in [1.807, 2.05) is 0 Å². The van der Waals surface area contributed by atoms with Crippen LogP contribution in [0.3, 0.4) is 0 Å². The Morgan fingerprint density at radius 1 is 1.53 bits per heavy atom. The quantitative estimate of drug-likeness (QED) is 0.322. The van der Waals surface area contributed by atoms with E-state index in [1.54, 1.807) is 27.7 Å². The molecule has 84 valence electrons. The van der Waals surface area contributed by atoms with Gasteiger partial charge in [0.1, 0.15) is 4.75 Å². The van der Waals surface area contributed by atoms with E-state index in [4.69, 9.17) is 5.26 Å². The van der Waals surface area contributed by atoms with Crippen molar-refractivity contribution in [3.05, 3.63) is 0 Å². The summed E-state index contributed by atoms with van der Waals surface area (Å²) in [6.07, 6.45) is -0.593. The summed E-state index contributed by atoms with van der Waals surface area (Å²) in [4.78, 5) is 15.9. The molecule has 0 radical (unpaired) electrons. The third-order valence-corrected chi connectivity index (χ3v) is 2.17. The maximum absolute atomic E-state index is 11.3. The van der Waals surface area contributed by atoms with Gasteiger partial charge in [-0.05, 0) is 39.6 Å². The molecular weight excluding hydrogens is 214 g/mol. The maximum atomic E-state index is 11.3. The van der Waals surface area contributed by atoms with Crippen molar-refractivity contribution in [2.24, 2.45) is 5.16 Å². The van der Waals surface area contributed by atoms with Crippen LogP contribution in [0.25, 0.3) is 0 Å². The van der Waals surface area contributed by atoms with Crippen molar-refractivity contribution < 1.29 is 9.63 Å². The minimum absolute atomic E-state index is 0.593. The first-order valence-electron chi connectivity index (χ1n) is 4.35. The Kier molecular flexibility index (Phi) is 5.15. The van der Waals surface area contributed by atoms with Gasteiger partial charge in [-0.15, -0.1) is 0 Å². The number of oxime groups is 1. The van der Waals surface area contributed by atoms with Gasteiger partial charge in [0.15, 0.2) is 0 Å². The zero-order valence-corrected chi connectivity index (χ0v) is 10.4. The highest BCUT2D eigenvalue weighted by atomic mass is 32.2. The fraction of sp³-hybridized carbons (Fsp3) is 0.667. The van der Waals surface area contributed by atoms with Crippen molar-refractivity contribution in [1.82, 2.24) is 4.31 Å². The molecule has 5 nitrogen and oxygen atoms in total. The molecule has 0 heterocycles. The average Bonchev–Trinajstić information content (AvgIpc) is 2.13. The van der Waals surface area contributed by atoms with E-state index < -0.39 is 10.8 Å². The van der Waals surface area contributed by atoms with Crippen LogP contribution in [0, 0.1) is 11.3 Å². The number of carbonyl (C=O) groups excluding carboxylic acids is 1. The molecule has 1 amide bonds. The second kappa shape index (κ2) is 5.61. The topological polar surface area (TPSA) is 65.7 Å². The summed E-state index contributed by atoms with van der Waals surface area (Å²) in [5, 5.41) is 12.3. The molecular formula is C9H15N3O2S. The predicted molar refractivity (Wildman–Crippen MR) is 60.3 cm³/mol. The largest absolute Gasteiger partial charge is 0.445 e. The summed E-state index contributed by atoms with van der Waals surface area (Å²) < 4.78 is 0.578. The van der Waals surface area contributed by atoms with Gasteiger partial charge in [-0.1, -0.05) is 5.16 Å². The molecule has 0 bridgehead atoms. The zero-order chi connectivity index (χ0) is 12.1. The number of nitriles is 1. The van der Waals surface area contributed by atoms with Crippen LogP contribution >= 0.6 is 11.9 Å². The monoisotopic (exact) mass is 229 g/mol. The first kappa shape index (κ1) is 13.8. The van der Waals surface area contributed by atoms with E-state index in [2.05, 4.69) is 16.1 Å². The molecule has 0 unspecified atom stereocenters. The van der Waals surface area contributed by atoms with Crippen LogP contribution in [0.15, 0.2) is 5.16 Å². The van der Waals surface area contributed by atoms with Gasteiger partial charge in [0.05, 0.1) is 11.8 Å². The second-order valence-corrected chi connectivity index (χ2v) is 5.36. The van der Waals surface area contributed by atoms with Crippen LogP contribution in [0.2, 0.25) is 0 Å². The second-order valence-electron chi connectivity index (χ2n) is 3.61. The SMILES string of the molecule is CC(C)=NOC(=O)N(C)SC(C)(C)C#N. The number of hydrogen-bond donors (Lipinski definition) is 0. The highest BCUT2D eigenvalue weighted by Gasteiger charge is 2.24. The van der Waals surface area contributed by atoms with Gasteiger partial charge in [0.25, 0.3) is 0 Å². The molecule has 0 N–H and O–H groups in total. The van der Waals surface area contributed by atoms with Gasteiger partial charge in [0.2, 0.25) is 0 Å². The molecule has 0 spiro atoms. The zero-order valence-electron chi connectivity index (χ0n) is 9.57. The molecule has 0 aliphatic heterocycles. The van der Waals surface area contributed by atoms with Crippen molar-refractivity contribution >= 4 is 23.8 Å². The van der Waals surface area contributed by atoms with Crippen LogP contribution in [0.5, 0.6) is 0 Å². The van der Waals surface area contributed by atoms with Crippen LogP contribution in [-0.2, 0) is 4.84 Å². The summed E-state index contributed by atoms with van der Waals surface area (Å²) in [7, 11) is 1.53. The Bertz CT molecular complexity index is 303. The molecule has 0 rings (SSSR count). The fourth-order valence-corrected chi connectivity index (χ4v) is 1.42.